The summed E-state index contributed by atoms with van der Waals surface area (Å²) in [6, 6.07) is 6.37. The van der Waals surface area contributed by atoms with E-state index in [1.54, 1.807) is 0 Å². The number of hydrogen-bond acceptors (Lipinski definition) is 1. The number of rotatable bonds is 4. The smallest absolute Gasteiger partial charge is 0.216 e. The number of halogens is 2. The molecule has 1 aliphatic heterocycles. The number of aromatic nitrogens is 1. The Bertz CT molecular complexity index is 875. The maximum Gasteiger partial charge on any atom is 0.216 e. The van der Waals surface area contributed by atoms with E-state index in [0.717, 1.165) is 35.9 Å². The van der Waals surface area contributed by atoms with Crippen molar-refractivity contribution in [2.75, 3.05) is 19.0 Å². The Morgan fingerprint density at radius 1 is 1.15 bits per heavy atom. The van der Waals surface area contributed by atoms with E-state index in [1.807, 2.05) is 37.2 Å². The summed E-state index contributed by atoms with van der Waals surface area (Å²) < 4.78 is 31.2. The van der Waals surface area contributed by atoms with Crippen LogP contribution in [-0.4, -0.2) is 14.1 Å². The minimum Gasteiger partial charge on any atom is -0.373 e. The van der Waals surface area contributed by atoms with E-state index in [0.29, 0.717) is 5.56 Å². The molecule has 26 heavy (non-hydrogen) atoms. The lowest BCUT2D eigenvalue weighted by atomic mass is 9.60. The fraction of sp³-hybridized carbons (Fsp3) is 0.409. The first-order chi connectivity index (χ1) is 12.3. The zero-order valence-electron chi connectivity index (χ0n) is 16.2. The maximum atomic E-state index is 14.9. The molecule has 0 amide bonds. The van der Waals surface area contributed by atoms with Crippen molar-refractivity contribution < 1.29 is 13.3 Å². The van der Waals surface area contributed by atoms with Crippen molar-refractivity contribution in [3.8, 4) is 11.3 Å². The Balaban J connectivity index is 2.51. The van der Waals surface area contributed by atoms with Crippen LogP contribution in [0, 0.1) is 11.6 Å². The molecule has 0 bridgehead atoms. The Kier molecular flexibility index (Phi) is 4.41. The van der Waals surface area contributed by atoms with E-state index >= 15 is 0 Å². The van der Waals surface area contributed by atoms with Crippen LogP contribution in [0.15, 0.2) is 43.1 Å². The van der Waals surface area contributed by atoms with Crippen LogP contribution in [-0.2, 0) is 11.0 Å². The molecule has 2 nitrogen and oxygen atoms in total. The maximum absolute atomic E-state index is 14.9. The number of fused-ring (bicyclic) bond motifs is 3. The van der Waals surface area contributed by atoms with Crippen molar-refractivity contribution in [1.82, 2.24) is 0 Å². The molecule has 1 aliphatic rings. The molecule has 138 valence electrons. The monoisotopic (exact) mass is 357 g/mol. The highest BCUT2D eigenvalue weighted by Crippen LogP contribution is 2.51. The first kappa shape index (κ1) is 18.6. The molecule has 0 aliphatic carbocycles. The molecule has 4 heteroatoms. The average molecular weight is 357 g/mol. The molecule has 0 radical (unpaired) electrons. The van der Waals surface area contributed by atoms with Gasteiger partial charge in [0.1, 0.15) is 17.3 Å². The summed E-state index contributed by atoms with van der Waals surface area (Å²) in [5.41, 5.74) is 2.04. The van der Waals surface area contributed by atoms with Crippen molar-refractivity contribution in [3.05, 3.63) is 60.3 Å². The van der Waals surface area contributed by atoms with Crippen molar-refractivity contribution in [3.63, 3.8) is 0 Å². The molecule has 0 saturated carbocycles. The molecular weight excluding hydrogens is 330 g/mol. The second-order valence-electron chi connectivity index (χ2n) is 7.51. The lowest BCUT2D eigenvalue weighted by Crippen LogP contribution is -2.68. The van der Waals surface area contributed by atoms with Gasteiger partial charge in [-0.05, 0) is 37.1 Å². The molecule has 2 heterocycles. The molecule has 2 aromatic rings. The lowest BCUT2D eigenvalue weighted by Gasteiger charge is -2.46. The van der Waals surface area contributed by atoms with Gasteiger partial charge in [0.25, 0.3) is 0 Å². The second-order valence-corrected chi connectivity index (χ2v) is 7.51. The van der Waals surface area contributed by atoms with Crippen molar-refractivity contribution in [2.45, 2.75) is 44.6 Å². The van der Waals surface area contributed by atoms with Gasteiger partial charge >= 0.3 is 0 Å². The second kappa shape index (κ2) is 6.19. The van der Waals surface area contributed by atoms with Crippen LogP contribution in [0.3, 0.4) is 0 Å². The molecule has 3 rings (SSSR count). The third-order valence-corrected chi connectivity index (χ3v) is 6.32. The molecule has 0 fully saturated rings. The fourth-order valence-corrected chi connectivity index (χ4v) is 4.58. The summed E-state index contributed by atoms with van der Waals surface area (Å²) in [4.78, 5) is 2.02. The Hall–Kier alpha value is -2.23. The standard InChI is InChI=1S/C22H27F2N2/c1-7-21(4)17-12-15(23)13-18(24)20(17)19-11-10-16(25(5)6)14-26(19)22(21,8-2)9-3/h8,10-14H,2,7,9H2,1,3-6H3/q+1. The summed E-state index contributed by atoms with van der Waals surface area (Å²) in [5.74, 6) is -1.05. The van der Waals surface area contributed by atoms with Crippen LogP contribution in [0.5, 0.6) is 0 Å². The third kappa shape index (κ3) is 2.24. The van der Waals surface area contributed by atoms with E-state index in [2.05, 4.69) is 38.1 Å². The van der Waals surface area contributed by atoms with Gasteiger partial charge in [-0.2, -0.15) is 4.57 Å². The summed E-state index contributed by atoms with van der Waals surface area (Å²) in [7, 11) is 3.96. The van der Waals surface area contributed by atoms with Gasteiger partial charge in [0.15, 0.2) is 11.7 Å². The average Bonchev–Trinajstić information content (AvgIpc) is 2.62. The molecular formula is C22H27F2N2+. The number of allylic oxidation sites excluding steroid dienone is 1. The fourth-order valence-electron chi connectivity index (χ4n) is 4.58. The van der Waals surface area contributed by atoms with Gasteiger partial charge in [-0.3, -0.25) is 0 Å². The predicted octanol–water partition coefficient (Wildman–Crippen LogP) is 4.96. The van der Waals surface area contributed by atoms with Gasteiger partial charge in [0.2, 0.25) is 5.69 Å². The molecule has 2 unspecified atom stereocenters. The Morgan fingerprint density at radius 2 is 1.85 bits per heavy atom. The van der Waals surface area contributed by atoms with Crippen LogP contribution < -0.4 is 9.47 Å². The number of nitrogens with zero attached hydrogens (tertiary/aromatic N) is 2. The highest BCUT2D eigenvalue weighted by Gasteiger charge is 2.58. The van der Waals surface area contributed by atoms with Gasteiger partial charge in [-0.25, -0.2) is 8.78 Å². The van der Waals surface area contributed by atoms with Crippen molar-refractivity contribution >= 4 is 5.69 Å². The summed E-state index contributed by atoms with van der Waals surface area (Å²) in [6.45, 7) is 10.4. The van der Waals surface area contributed by atoms with E-state index in [1.165, 1.54) is 6.07 Å². The topological polar surface area (TPSA) is 7.12 Å². The Morgan fingerprint density at radius 3 is 2.38 bits per heavy atom. The van der Waals surface area contributed by atoms with Gasteiger partial charge in [-0.1, -0.05) is 20.4 Å². The number of hydrogen-bond donors (Lipinski definition) is 0. The minimum atomic E-state index is -0.534. The Labute approximate surface area is 154 Å². The summed E-state index contributed by atoms with van der Waals surface area (Å²) in [6.07, 6.45) is 5.51. The van der Waals surface area contributed by atoms with Gasteiger partial charge in [0.05, 0.1) is 11.0 Å². The molecule has 2 atom stereocenters. The minimum absolute atomic E-state index is 0.476. The molecule has 1 aromatic heterocycles. The first-order valence-electron chi connectivity index (χ1n) is 9.12. The van der Waals surface area contributed by atoms with Crippen molar-refractivity contribution in [2.24, 2.45) is 0 Å². The van der Waals surface area contributed by atoms with Crippen LogP contribution >= 0.6 is 0 Å². The molecule has 0 saturated heterocycles. The lowest BCUT2D eigenvalue weighted by molar-refractivity contribution is -0.755. The van der Waals surface area contributed by atoms with Crippen LogP contribution in [0.4, 0.5) is 14.5 Å². The van der Waals surface area contributed by atoms with Crippen LogP contribution in [0.25, 0.3) is 11.3 Å². The first-order valence-corrected chi connectivity index (χ1v) is 9.12. The van der Waals surface area contributed by atoms with Gasteiger partial charge in [-0.15, -0.1) is 0 Å². The summed E-state index contributed by atoms with van der Waals surface area (Å²) in [5, 5.41) is 0. The van der Waals surface area contributed by atoms with E-state index in [-0.39, 0.29) is 0 Å². The van der Waals surface area contributed by atoms with Crippen molar-refractivity contribution in [1.29, 1.82) is 0 Å². The highest BCUT2D eigenvalue weighted by molar-refractivity contribution is 5.67. The number of pyridine rings is 1. The number of benzene rings is 1. The highest BCUT2D eigenvalue weighted by atomic mass is 19.1. The van der Waals surface area contributed by atoms with E-state index in [9.17, 15) is 8.78 Å². The predicted molar refractivity (Wildman–Crippen MR) is 102 cm³/mol. The largest absolute Gasteiger partial charge is 0.373 e. The van der Waals surface area contributed by atoms with Crippen LogP contribution in [0.2, 0.25) is 0 Å². The quantitative estimate of drug-likeness (QED) is 0.554. The number of anilines is 1. The molecule has 0 N–H and O–H groups in total. The SMILES string of the molecule is C=CC1(CC)[n+]2cc(N(C)C)ccc2-c2c(F)cc(F)cc2C1(C)CC. The van der Waals surface area contributed by atoms with E-state index < -0.39 is 22.6 Å². The van der Waals surface area contributed by atoms with Gasteiger partial charge < -0.3 is 4.90 Å². The molecule has 0 spiro atoms. The summed E-state index contributed by atoms with van der Waals surface area (Å²) >= 11 is 0. The molecule has 1 aromatic carbocycles. The zero-order chi connectivity index (χ0) is 19.3. The normalized spacial score (nSPS) is 24.0. The van der Waals surface area contributed by atoms with Crippen LogP contribution in [0.1, 0.15) is 39.2 Å². The van der Waals surface area contributed by atoms with Gasteiger partial charge in [0, 0.05) is 32.6 Å². The third-order valence-electron chi connectivity index (χ3n) is 6.32. The van der Waals surface area contributed by atoms with E-state index in [4.69, 9.17) is 0 Å². The zero-order valence-corrected chi connectivity index (χ0v) is 16.2.